The summed E-state index contributed by atoms with van der Waals surface area (Å²) in [5.74, 6) is 0.0623. The predicted octanol–water partition coefficient (Wildman–Crippen LogP) is 2.68. The fraction of sp³-hybridized carbons (Fsp3) is 0.320. The molecule has 2 atom stereocenters. The topological polar surface area (TPSA) is 136 Å². The number of amides is 1. The van der Waals surface area contributed by atoms with Crippen LogP contribution in [-0.2, 0) is 11.8 Å². The van der Waals surface area contributed by atoms with Gasteiger partial charge >= 0.3 is 0 Å². The lowest BCUT2D eigenvalue weighted by Gasteiger charge is -2.33. The van der Waals surface area contributed by atoms with Gasteiger partial charge < -0.3 is 30.6 Å². The van der Waals surface area contributed by atoms with Crippen molar-refractivity contribution in [1.82, 2.24) is 24.5 Å². The van der Waals surface area contributed by atoms with Crippen molar-refractivity contribution in [3.63, 3.8) is 0 Å². The predicted molar refractivity (Wildman–Crippen MR) is 137 cm³/mol. The van der Waals surface area contributed by atoms with Gasteiger partial charge in [0.05, 0.1) is 35.8 Å². The second-order valence-electron chi connectivity index (χ2n) is 9.18. The monoisotopic (exact) mass is 485 g/mol. The van der Waals surface area contributed by atoms with Gasteiger partial charge in [-0.3, -0.25) is 9.78 Å². The number of nitrogens with zero attached hydrogens (tertiary/aromatic N) is 6. The van der Waals surface area contributed by atoms with E-state index in [0.717, 1.165) is 42.8 Å². The van der Waals surface area contributed by atoms with Gasteiger partial charge in [0.25, 0.3) is 5.91 Å². The zero-order valence-corrected chi connectivity index (χ0v) is 20.1. The molecule has 4 N–H and O–H groups in total. The highest BCUT2D eigenvalue weighted by molar-refractivity contribution is 5.99. The molecular weight excluding hydrogens is 458 g/mol. The minimum atomic E-state index is -0.685. The molecule has 0 spiro atoms. The molecule has 3 aromatic heterocycles. The van der Waals surface area contributed by atoms with Gasteiger partial charge in [-0.15, -0.1) is 0 Å². The van der Waals surface area contributed by atoms with E-state index in [-0.39, 0.29) is 11.5 Å². The summed E-state index contributed by atoms with van der Waals surface area (Å²) in [5.41, 5.74) is 10.3. The van der Waals surface area contributed by atoms with Crippen molar-refractivity contribution in [3.8, 4) is 11.3 Å². The first-order valence-corrected chi connectivity index (χ1v) is 11.9. The van der Waals surface area contributed by atoms with Crippen LogP contribution < -0.4 is 21.3 Å². The molecule has 0 radical (unpaired) electrons. The van der Waals surface area contributed by atoms with Crippen LogP contribution in [-0.4, -0.2) is 62.8 Å². The SMILES string of the molecule is CNc1nc(Nc2ccc(N3CC4CCC(C3)O4)cc2)c(C(N)=O)nc1-c1cncc2c1ncn2C. The number of ether oxygens (including phenoxy) is 1. The second kappa shape index (κ2) is 8.76. The smallest absolute Gasteiger partial charge is 0.271 e. The number of hydrogen-bond donors (Lipinski definition) is 3. The number of nitrogens with two attached hydrogens (primary N) is 1. The van der Waals surface area contributed by atoms with Gasteiger partial charge in [0.2, 0.25) is 0 Å². The summed E-state index contributed by atoms with van der Waals surface area (Å²) in [4.78, 5) is 32.8. The van der Waals surface area contributed by atoms with E-state index < -0.39 is 5.91 Å². The van der Waals surface area contributed by atoms with E-state index in [1.165, 1.54) is 0 Å². The Morgan fingerprint density at radius 2 is 1.83 bits per heavy atom. The number of carbonyl (C=O) groups excluding carboxylic acids is 1. The summed E-state index contributed by atoms with van der Waals surface area (Å²) >= 11 is 0. The maximum absolute atomic E-state index is 12.4. The lowest BCUT2D eigenvalue weighted by molar-refractivity contribution is 0.0305. The molecule has 11 nitrogen and oxygen atoms in total. The lowest BCUT2D eigenvalue weighted by Crippen LogP contribution is -2.42. The van der Waals surface area contributed by atoms with Gasteiger partial charge in [-0.2, -0.15) is 0 Å². The Morgan fingerprint density at radius 1 is 1.08 bits per heavy atom. The fourth-order valence-corrected chi connectivity index (χ4v) is 4.99. The van der Waals surface area contributed by atoms with Crippen LogP contribution in [0.4, 0.5) is 23.0 Å². The van der Waals surface area contributed by atoms with Gasteiger partial charge in [0.15, 0.2) is 17.3 Å². The molecule has 0 aliphatic carbocycles. The molecule has 2 aliphatic rings. The molecule has 2 saturated heterocycles. The van der Waals surface area contributed by atoms with E-state index in [0.29, 0.717) is 34.8 Å². The normalized spacial score (nSPS) is 19.0. The zero-order chi connectivity index (χ0) is 24.8. The largest absolute Gasteiger partial charge is 0.371 e. The Labute approximate surface area is 207 Å². The van der Waals surface area contributed by atoms with Crippen molar-refractivity contribution in [1.29, 1.82) is 0 Å². The quantitative estimate of drug-likeness (QED) is 0.376. The molecule has 11 heteroatoms. The average Bonchev–Trinajstić information content (AvgIpc) is 3.44. The summed E-state index contributed by atoms with van der Waals surface area (Å²) in [5, 5.41) is 6.29. The Bertz CT molecular complexity index is 1440. The van der Waals surface area contributed by atoms with Crippen LogP contribution in [0.25, 0.3) is 22.3 Å². The van der Waals surface area contributed by atoms with Crippen molar-refractivity contribution >= 4 is 40.0 Å². The molecule has 5 heterocycles. The fourth-order valence-electron chi connectivity index (χ4n) is 4.99. The number of fused-ring (bicyclic) bond motifs is 3. The number of carbonyl (C=O) groups is 1. The van der Waals surface area contributed by atoms with E-state index in [1.54, 1.807) is 25.8 Å². The Balaban J connectivity index is 1.32. The molecule has 2 bridgehead atoms. The van der Waals surface area contributed by atoms with E-state index >= 15 is 0 Å². The summed E-state index contributed by atoms with van der Waals surface area (Å²) < 4.78 is 7.82. The Hall–Kier alpha value is -4.25. The van der Waals surface area contributed by atoms with Crippen molar-refractivity contribution in [2.24, 2.45) is 12.8 Å². The highest BCUT2D eigenvalue weighted by atomic mass is 16.5. The molecule has 36 heavy (non-hydrogen) atoms. The molecule has 184 valence electrons. The first-order chi connectivity index (χ1) is 17.5. The summed E-state index contributed by atoms with van der Waals surface area (Å²) in [7, 11) is 3.64. The van der Waals surface area contributed by atoms with Crippen molar-refractivity contribution < 1.29 is 9.53 Å². The second-order valence-corrected chi connectivity index (χ2v) is 9.18. The van der Waals surface area contributed by atoms with Crippen molar-refractivity contribution in [2.75, 3.05) is 35.7 Å². The zero-order valence-electron chi connectivity index (χ0n) is 20.1. The molecule has 4 aromatic rings. The van der Waals surface area contributed by atoms with Gasteiger partial charge in [-0.05, 0) is 37.1 Å². The third-order valence-corrected chi connectivity index (χ3v) is 6.80. The third-order valence-electron chi connectivity index (χ3n) is 6.80. The van der Waals surface area contributed by atoms with Crippen LogP contribution in [0.15, 0.2) is 43.0 Å². The number of aromatic nitrogens is 5. The molecule has 2 aliphatic heterocycles. The maximum Gasteiger partial charge on any atom is 0.271 e. The number of morpholine rings is 1. The van der Waals surface area contributed by atoms with Crippen LogP contribution in [0.5, 0.6) is 0 Å². The molecule has 0 saturated carbocycles. The molecule has 2 unspecified atom stereocenters. The van der Waals surface area contributed by atoms with Crippen molar-refractivity contribution in [3.05, 3.63) is 48.7 Å². The van der Waals surface area contributed by atoms with Crippen LogP contribution >= 0.6 is 0 Å². The van der Waals surface area contributed by atoms with E-state index in [4.69, 9.17) is 10.5 Å². The van der Waals surface area contributed by atoms with Crippen molar-refractivity contribution in [2.45, 2.75) is 25.0 Å². The van der Waals surface area contributed by atoms with Gasteiger partial charge in [0, 0.05) is 44.8 Å². The summed E-state index contributed by atoms with van der Waals surface area (Å²) in [6, 6.07) is 8.05. The maximum atomic E-state index is 12.4. The number of aryl methyl sites for hydroxylation is 1. The molecule has 6 rings (SSSR count). The van der Waals surface area contributed by atoms with E-state index in [9.17, 15) is 4.79 Å². The Morgan fingerprint density at radius 3 is 2.53 bits per heavy atom. The standard InChI is InChI=1S/C25H27N9O2/c1-27-24-21(18-9-28-10-19-20(18)29-13-33(19)2)31-22(23(26)35)25(32-24)30-14-3-5-15(6-4-14)34-11-16-7-8-17(12-34)36-16/h3-6,9-10,13,16-17H,7-8,11-12H2,1-2H3,(H2,26,35)(H2,27,30,32). The summed E-state index contributed by atoms with van der Waals surface area (Å²) in [6.07, 6.45) is 8.00. The Kier molecular flexibility index (Phi) is 5.41. The van der Waals surface area contributed by atoms with Gasteiger partial charge in [-0.1, -0.05) is 0 Å². The number of anilines is 4. The van der Waals surface area contributed by atoms with Crippen LogP contribution in [0.3, 0.4) is 0 Å². The number of benzene rings is 1. The number of pyridine rings is 1. The molecule has 1 amide bonds. The van der Waals surface area contributed by atoms with Gasteiger partial charge in [-0.25, -0.2) is 15.0 Å². The molecule has 1 aromatic carbocycles. The number of primary amides is 1. The minimum Gasteiger partial charge on any atom is -0.371 e. The number of nitrogens with one attached hydrogen (secondary N) is 2. The molecular formula is C25H27N9O2. The number of rotatable bonds is 6. The van der Waals surface area contributed by atoms with E-state index in [2.05, 4.69) is 47.6 Å². The average molecular weight is 486 g/mol. The number of hydrogen-bond acceptors (Lipinski definition) is 9. The van der Waals surface area contributed by atoms with Crippen LogP contribution in [0.1, 0.15) is 23.3 Å². The summed E-state index contributed by atoms with van der Waals surface area (Å²) in [6.45, 7) is 1.82. The highest BCUT2D eigenvalue weighted by Gasteiger charge is 2.33. The van der Waals surface area contributed by atoms with E-state index in [1.807, 2.05) is 23.7 Å². The van der Waals surface area contributed by atoms with Crippen LogP contribution in [0.2, 0.25) is 0 Å². The first kappa shape index (κ1) is 22.2. The lowest BCUT2D eigenvalue weighted by atomic mass is 10.1. The van der Waals surface area contributed by atoms with Crippen LogP contribution in [0, 0.1) is 0 Å². The number of imidazole rings is 1. The third kappa shape index (κ3) is 3.87. The minimum absolute atomic E-state index is 0.0331. The highest BCUT2D eigenvalue weighted by Crippen LogP contribution is 2.33. The van der Waals surface area contributed by atoms with Gasteiger partial charge in [0.1, 0.15) is 11.2 Å². The molecule has 2 fully saturated rings. The first-order valence-electron chi connectivity index (χ1n) is 11.9.